The lowest BCUT2D eigenvalue weighted by molar-refractivity contribution is 0.894. The number of hydrogen-bond donors (Lipinski definition) is 1. The van der Waals surface area contributed by atoms with Gasteiger partial charge in [-0.25, -0.2) is 9.97 Å². The lowest BCUT2D eigenvalue weighted by Gasteiger charge is -2.12. The summed E-state index contributed by atoms with van der Waals surface area (Å²) in [6.07, 6.45) is 1.34. The first-order valence-electron chi connectivity index (χ1n) is 6.78. The van der Waals surface area contributed by atoms with Gasteiger partial charge in [0.25, 0.3) is 0 Å². The first-order chi connectivity index (χ1) is 10.1. The summed E-state index contributed by atoms with van der Waals surface area (Å²) in [4.78, 5) is 9.16. The summed E-state index contributed by atoms with van der Waals surface area (Å²) < 4.78 is 0.917. The highest BCUT2D eigenvalue weighted by molar-refractivity contribution is 9.10. The minimum atomic E-state index is 0.511. The van der Waals surface area contributed by atoms with Gasteiger partial charge in [0, 0.05) is 23.0 Å². The molecule has 0 spiro atoms. The van der Waals surface area contributed by atoms with Crippen molar-refractivity contribution in [3.8, 4) is 0 Å². The van der Waals surface area contributed by atoms with Crippen molar-refractivity contribution in [1.82, 2.24) is 9.97 Å². The maximum atomic E-state index is 6.22. The Labute approximate surface area is 143 Å². The van der Waals surface area contributed by atoms with E-state index in [1.54, 1.807) is 0 Å². The molecule has 6 heteroatoms. The molecule has 1 aromatic heterocycles. The van der Waals surface area contributed by atoms with Crippen LogP contribution in [0.1, 0.15) is 30.9 Å². The molecule has 0 bridgehead atoms. The van der Waals surface area contributed by atoms with E-state index in [1.807, 2.05) is 25.1 Å². The van der Waals surface area contributed by atoms with Crippen molar-refractivity contribution in [2.75, 3.05) is 11.9 Å². The summed E-state index contributed by atoms with van der Waals surface area (Å²) in [5.74, 6) is 1.52. The van der Waals surface area contributed by atoms with Crippen LogP contribution in [-0.2, 0) is 12.8 Å². The molecular formula is C15H16BrCl2N3. The van der Waals surface area contributed by atoms with Crippen LogP contribution in [0.4, 0.5) is 5.82 Å². The fraction of sp³-hybridized carbons (Fsp3) is 0.333. The average Bonchev–Trinajstić information content (AvgIpc) is 2.46. The molecule has 0 aliphatic rings. The Morgan fingerprint density at radius 1 is 1.14 bits per heavy atom. The summed E-state index contributed by atoms with van der Waals surface area (Å²) in [6.45, 7) is 4.89. The average molecular weight is 389 g/mol. The van der Waals surface area contributed by atoms with Gasteiger partial charge in [-0.2, -0.15) is 0 Å². The smallest absolute Gasteiger partial charge is 0.144 e. The van der Waals surface area contributed by atoms with Crippen molar-refractivity contribution >= 4 is 44.9 Å². The van der Waals surface area contributed by atoms with E-state index < -0.39 is 0 Å². The van der Waals surface area contributed by atoms with Crippen LogP contribution in [0.15, 0.2) is 22.7 Å². The zero-order valence-corrected chi connectivity index (χ0v) is 15.0. The highest BCUT2D eigenvalue weighted by Gasteiger charge is 2.13. The second-order valence-corrected chi connectivity index (χ2v) is 6.12. The van der Waals surface area contributed by atoms with E-state index in [4.69, 9.17) is 23.2 Å². The zero-order valence-electron chi connectivity index (χ0n) is 11.9. The molecule has 0 aliphatic carbocycles. The third kappa shape index (κ3) is 3.87. The molecule has 3 nitrogen and oxygen atoms in total. The van der Waals surface area contributed by atoms with Crippen LogP contribution < -0.4 is 5.32 Å². The number of halogens is 3. The third-order valence-corrected chi connectivity index (χ3v) is 4.58. The molecule has 2 aromatic rings. The number of aryl methyl sites for hydroxylation is 1. The summed E-state index contributed by atoms with van der Waals surface area (Å²) >= 11 is 16.0. The van der Waals surface area contributed by atoms with Gasteiger partial charge >= 0.3 is 0 Å². The molecule has 0 amide bonds. The molecule has 2 rings (SSSR count). The van der Waals surface area contributed by atoms with Gasteiger partial charge in [0.15, 0.2) is 0 Å². The zero-order chi connectivity index (χ0) is 15.4. The molecule has 0 unspecified atom stereocenters. The Balaban J connectivity index is 2.42. The van der Waals surface area contributed by atoms with Gasteiger partial charge in [-0.1, -0.05) is 36.2 Å². The number of nitrogens with one attached hydrogen (secondary N) is 1. The third-order valence-electron chi connectivity index (χ3n) is 3.04. The Morgan fingerprint density at radius 3 is 2.38 bits per heavy atom. The SMILES string of the molecule is CCNc1nc(Cc2c(Cl)cccc2Cl)nc(CC)c1Br. The second-order valence-electron chi connectivity index (χ2n) is 4.51. The van der Waals surface area contributed by atoms with Crippen LogP contribution in [-0.4, -0.2) is 16.5 Å². The van der Waals surface area contributed by atoms with Gasteiger partial charge in [0.05, 0.1) is 10.2 Å². The van der Waals surface area contributed by atoms with Gasteiger partial charge in [0.2, 0.25) is 0 Å². The van der Waals surface area contributed by atoms with Crippen LogP contribution in [0.25, 0.3) is 0 Å². The first kappa shape index (κ1) is 16.5. The summed E-state index contributed by atoms with van der Waals surface area (Å²) in [7, 11) is 0. The van der Waals surface area contributed by atoms with E-state index >= 15 is 0 Å². The summed E-state index contributed by atoms with van der Waals surface area (Å²) in [5.41, 5.74) is 1.83. The molecule has 1 N–H and O–H groups in total. The highest BCUT2D eigenvalue weighted by Crippen LogP contribution is 2.28. The number of nitrogens with zero attached hydrogens (tertiary/aromatic N) is 2. The number of benzene rings is 1. The molecule has 0 saturated carbocycles. The van der Waals surface area contributed by atoms with Gasteiger partial charge in [-0.05, 0) is 47.0 Å². The molecule has 0 atom stereocenters. The van der Waals surface area contributed by atoms with Crippen molar-refractivity contribution < 1.29 is 0 Å². The maximum absolute atomic E-state index is 6.22. The van der Waals surface area contributed by atoms with Crippen molar-refractivity contribution in [3.05, 3.63) is 49.8 Å². The van der Waals surface area contributed by atoms with E-state index in [0.29, 0.717) is 22.3 Å². The van der Waals surface area contributed by atoms with Crippen molar-refractivity contribution in [2.24, 2.45) is 0 Å². The summed E-state index contributed by atoms with van der Waals surface area (Å²) in [5, 5.41) is 4.51. The van der Waals surface area contributed by atoms with Crippen LogP contribution in [0.5, 0.6) is 0 Å². The van der Waals surface area contributed by atoms with E-state index in [-0.39, 0.29) is 0 Å². The van der Waals surface area contributed by atoms with Crippen LogP contribution in [0.2, 0.25) is 10.0 Å². The second kappa shape index (κ2) is 7.43. The highest BCUT2D eigenvalue weighted by atomic mass is 79.9. The molecule has 112 valence electrons. The summed E-state index contributed by atoms with van der Waals surface area (Å²) in [6, 6.07) is 5.49. The van der Waals surface area contributed by atoms with Gasteiger partial charge in [0.1, 0.15) is 11.6 Å². The molecule has 0 aliphatic heterocycles. The molecule has 0 fully saturated rings. The Hall–Kier alpha value is -0.840. The van der Waals surface area contributed by atoms with Gasteiger partial charge < -0.3 is 5.32 Å². The van der Waals surface area contributed by atoms with E-state index in [9.17, 15) is 0 Å². The number of anilines is 1. The maximum Gasteiger partial charge on any atom is 0.144 e. The molecule has 21 heavy (non-hydrogen) atoms. The van der Waals surface area contributed by atoms with E-state index in [0.717, 1.165) is 34.5 Å². The monoisotopic (exact) mass is 387 g/mol. The van der Waals surface area contributed by atoms with E-state index in [2.05, 4.69) is 38.1 Å². The van der Waals surface area contributed by atoms with Crippen molar-refractivity contribution in [1.29, 1.82) is 0 Å². The van der Waals surface area contributed by atoms with Crippen LogP contribution >= 0.6 is 39.1 Å². The van der Waals surface area contributed by atoms with Crippen molar-refractivity contribution in [2.45, 2.75) is 26.7 Å². The predicted molar refractivity (Wildman–Crippen MR) is 92.5 cm³/mol. The minimum Gasteiger partial charge on any atom is -0.369 e. The Kier molecular flexibility index (Phi) is 5.85. The topological polar surface area (TPSA) is 37.8 Å². The van der Waals surface area contributed by atoms with Gasteiger partial charge in [-0.3, -0.25) is 0 Å². The fourth-order valence-corrected chi connectivity index (χ4v) is 3.13. The van der Waals surface area contributed by atoms with E-state index in [1.165, 1.54) is 0 Å². The lowest BCUT2D eigenvalue weighted by Crippen LogP contribution is -2.08. The quantitative estimate of drug-likeness (QED) is 0.771. The minimum absolute atomic E-state index is 0.511. The standard InChI is InChI=1S/C15H16BrCl2N3/c1-3-12-14(16)15(19-4-2)21-13(20-12)8-9-10(17)6-5-7-11(9)18/h5-7H,3-4,8H2,1-2H3,(H,19,20,21). The lowest BCUT2D eigenvalue weighted by atomic mass is 10.1. The molecular weight excluding hydrogens is 373 g/mol. The molecule has 1 aromatic carbocycles. The van der Waals surface area contributed by atoms with Crippen LogP contribution in [0, 0.1) is 0 Å². The van der Waals surface area contributed by atoms with Crippen molar-refractivity contribution in [3.63, 3.8) is 0 Å². The van der Waals surface area contributed by atoms with Gasteiger partial charge in [-0.15, -0.1) is 0 Å². The van der Waals surface area contributed by atoms with Crippen LogP contribution in [0.3, 0.4) is 0 Å². The molecule has 1 heterocycles. The number of hydrogen-bond acceptors (Lipinski definition) is 3. The Bertz CT molecular complexity index is 627. The first-order valence-corrected chi connectivity index (χ1v) is 8.33. The Morgan fingerprint density at radius 2 is 1.81 bits per heavy atom. The largest absolute Gasteiger partial charge is 0.369 e. The number of aromatic nitrogens is 2. The normalized spacial score (nSPS) is 10.7. The fourth-order valence-electron chi connectivity index (χ4n) is 2.00. The molecule has 0 radical (unpaired) electrons. The predicted octanol–water partition coefficient (Wildman–Crippen LogP) is 5.13. The molecule has 0 saturated heterocycles. The number of rotatable bonds is 5.